The summed E-state index contributed by atoms with van der Waals surface area (Å²) in [6.07, 6.45) is -1.76. The lowest BCUT2D eigenvalue weighted by molar-refractivity contribution is -0.128. The molecule has 5 saturated heterocycles. The predicted octanol–water partition coefficient (Wildman–Crippen LogP) is -2.94. The largest absolute Gasteiger partial charge is 0.378 e. The molecule has 5 aliphatic rings. The summed E-state index contributed by atoms with van der Waals surface area (Å²) in [4.78, 5) is 17.9. The van der Waals surface area contributed by atoms with E-state index in [0.717, 1.165) is 39.4 Å². The third-order valence-electron chi connectivity index (χ3n) is 7.35. The Kier molecular flexibility index (Phi) is 6.67. The van der Waals surface area contributed by atoms with Gasteiger partial charge < -0.3 is 21.1 Å². The van der Waals surface area contributed by atoms with Gasteiger partial charge in [-0.1, -0.05) is 0 Å². The number of halogens is 2. The fourth-order valence-corrected chi connectivity index (χ4v) is 5.82. The van der Waals surface area contributed by atoms with Crippen LogP contribution in [0.1, 0.15) is 0 Å². The van der Waals surface area contributed by atoms with E-state index < -0.39 is 18.3 Å². The Morgan fingerprint density at radius 1 is 1.13 bits per heavy atom. The van der Waals surface area contributed by atoms with E-state index in [0.29, 0.717) is 32.2 Å². The van der Waals surface area contributed by atoms with Crippen molar-refractivity contribution in [1.82, 2.24) is 36.2 Å². The first-order chi connectivity index (χ1) is 15.0. The van der Waals surface area contributed by atoms with Crippen LogP contribution in [0.15, 0.2) is 0 Å². The van der Waals surface area contributed by atoms with Crippen LogP contribution in [-0.4, -0.2) is 128 Å². The summed E-state index contributed by atoms with van der Waals surface area (Å²) in [6, 6.07) is -0.139. The molecule has 0 radical (unpaired) electrons. The first-order valence-corrected chi connectivity index (χ1v) is 11.8. The van der Waals surface area contributed by atoms with Crippen molar-refractivity contribution in [3.8, 4) is 0 Å². The van der Waals surface area contributed by atoms with E-state index >= 15 is 4.39 Å². The number of nitrogens with one attached hydrogen (secondary N) is 4. The first-order valence-electron chi connectivity index (χ1n) is 11.4. The highest BCUT2D eigenvalue weighted by Gasteiger charge is 2.48. The molecule has 5 rings (SSSR count). The average Bonchev–Trinajstić information content (AvgIpc) is 3.02. The number of nitrogens with two attached hydrogens (primary N) is 1. The Hall–Kier alpha value is -0.630. The standard InChI is InChI=1S/C19H34ClFN8O2/c20-11-5-24-18-15(17(22)26-29(18)8-11)19(30)25-14-7-23-6-13(21)16(14)28-3-1-27(2-4-28)12-9-31-10-12/h11-18,23-24,26H,1-10,22H2,(H,25,30). The molecule has 0 aliphatic carbocycles. The lowest BCUT2D eigenvalue weighted by Gasteiger charge is -2.48. The molecule has 7 unspecified atom stereocenters. The summed E-state index contributed by atoms with van der Waals surface area (Å²) in [6.45, 7) is 7.11. The molecule has 0 aromatic heterocycles. The van der Waals surface area contributed by atoms with Gasteiger partial charge in [-0.05, 0) is 0 Å². The number of piperazine rings is 1. The fourth-order valence-electron chi connectivity index (χ4n) is 5.58. The molecule has 0 aromatic carbocycles. The van der Waals surface area contributed by atoms with Crippen molar-refractivity contribution < 1.29 is 13.9 Å². The van der Waals surface area contributed by atoms with Crippen molar-refractivity contribution in [2.24, 2.45) is 11.7 Å². The van der Waals surface area contributed by atoms with Gasteiger partial charge in [-0.2, -0.15) is 0 Å². The summed E-state index contributed by atoms with van der Waals surface area (Å²) in [5.74, 6) is -0.621. The molecule has 7 atom stereocenters. The number of fused-ring (bicyclic) bond motifs is 1. The molecule has 31 heavy (non-hydrogen) atoms. The molecule has 1 amide bonds. The van der Waals surface area contributed by atoms with Gasteiger partial charge in [0, 0.05) is 52.4 Å². The second-order valence-electron chi connectivity index (χ2n) is 9.33. The quantitative estimate of drug-likeness (QED) is 0.281. The minimum Gasteiger partial charge on any atom is -0.378 e. The molecule has 5 aliphatic heterocycles. The van der Waals surface area contributed by atoms with E-state index in [4.69, 9.17) is 22.1 Å². The second kappa shape index (κ2) is 9.32. The number of rotatable bonds is 4. The number of hydrogen-bond donors (Lipinski definition) is 5. The van der Waals surface area contributed by atoms with Crippen molar-refractivity contribution in [3.05, 3.63) is 0 Å². The predicted molar refractivity (Wildman–Crippen MR) is 114 cm³/mol. The highest BCUT2D eigenvalue weighted by Crippen LogP contribution is 2.25. The van der Waals surface area contributed by atoms with Crippen LogP contribution in [0.4, 0.5) is 4.39 Å². The van der Waals surface area contributed by atoms with Crippen LogP contribution >= 0.6 is 11.6 Å². The summed E-state index contributed by atoms with van der Waals surface area (Å²) >= 11 is 6.23. The van der Waals surface area contributed by atoms with E-state index in [-0.39, 0.29) is 29.5 Å². The second-order valence-corrected chi connectivity index (χ2v) is 9.94. The van der Waals surface area contributed by atoms with Crippen LogP contribution in [0.25, 0.3) is 0 Å². The van der Waals surface area contributed by atoms with Crippen LogP contribution in [0.3, 0.4) is 0 Å². The molecule has 5 heterocycles. The maximum Gasteiger partial charge on any atom is 0.229 e. The van der Waals surface area contributed by atoms with E-state index in [9.17, 15) is 4.79 Å². The SMILES string of the molecule is NC1NN2CC(Cl)CNC2C1C(=O)NC1CNCC(F)C1N1CCN(C2COC2)CC1. The van der Waals surface area contributed by atoms with E-state index in [1.54, 1.807) is 0 Å². The van der Waals surface area contributed by atoms with Crippen LogP contribution < -0.4 is 27.1 Å². The zero-order chi connectivity index (χ0) is 21.5. The van der Waals surface area contributed by atoms with Crippen molar-refractivity contribution in [2.45, 2.75) is 42.0 Å². The van der Waals surface area contributed by atoms with Gasteiger partial charge in [0.25, 0.3) is 0 Å². The topological polar surface area (TPSA) is 110 Å². The molecule has 12 heteroatoms. The summed E-state index contributed by atoms with van der Waals surface area (Å²) in [5, 5.41) is 11.5. The Labute approximate surface area is 187 Å². The lowest BCUT2D eigenvalue weighted by Crippen LogP contribution is -2.69. The monoisotopic (exact) mass is 460 g/mol. The number of carbonyl (C=O) groups is 1. The van der Waals surface area contributed by atoms with Crippen molar-refractivity contribution in [2.75, 3.05) is 65.6 Å². The smallest absolute Gasteiger partial charge is 0.229 e. The molecule has 176 valence electrons. The molecule has 0 aromatic rings. The van der Waals surface area contributed by atoms with Gasteiger partial charge in [-0.3, -0.25) is 19.9 Å². The molecule has 10 nitrogen and oxygen atoms in total. The fraction of sp³-hybridized carbons (Fsp3) is 0.947. The summed E-state index contributed by atoms with van der Waals surface area (Å²) in [7, 11) is 0. The molecule has 5 fully saturated rings. The molecular formula is C19H34ClFN8O2. The Morgan fingerprint density at radius 3 is 2.58 bits per heavy atom. The minimum absolute atomic E-state index is 0.0397. The summed E-state index contributed by atoms with van der Waals surface area (Å²) < 4.78 is 20.4. The van der Waals surface area contributed by atoms with Gasteiger partial charge in [0.15, 0.2) is 0 Å². The van der Waals surface area contributed by atoms with Gasteiger partial charge in [-0.25, -0.2) is 14.8 Å². The van der Waals surface area contributed by atoms with Crippen molar-refractivity contribution >= 4 is 17.5 Å². The average molecular weight is 461 g/mol. The third kappa shape index (κ3) is 4.44. The number of hydrazine groups is 1. The summed E-state index contributed by atoms with van der Waals surface area (Å²) in [5.41, 5.74) is 9.40. The first kappa shape index (κ1) is 22.2. The van der Waals surface area contributed by atoms with Crippen LogP contribution in [0.5, 0.6) is 0 Å². The van der Waals surface area contributed by atoms with Crippen LogP contribution in [0, 0.1) is 5.92 Å². The molecule has 0 spiro atoms. The molecule has 6 N–H and O–H groups in total. The van der Waals surface area contributed by atoms with Crippen molar-refractivity contribution in [3.63, 3.8) is 0 Å². The van der Waals surface area contributed by atoms with E-state index in [1.165, 1.54) is 0 Å². The van der Waals surface area contributed by atoms with E-state index in [2.05, 4.69) is 31.2 Å². The number of carbonyl (C=O) groups excluding carboxylic acids is 1. The maximum absolute atomic E-state index is 15.1. The number of hydrogen-bond acceptors (Lipinski definition) is 9. The number of ether oxygens (including phenoxy) is 1. The number of amides is 1. The van der Waals surface area contributed by atoms with Gasteiger partial charge >= 0.3 is 0 Å². The molecular weight excluding hydrogens is 427 g/mol. The minimum atomic E-state index is -1.03. The zero-order valence-corrected chi connectivity index (χ0v) is 18.4. The van der Waals surface area contributed by atoms with Crippen LogP contribution in [-0.2, 0) is 9.53 Å². The number of alkyl halides is 2. The highest BCUT2D eigenvalue weighted by atomic mass is 35.5. The van der Waals surface area contributed by atoms with Gasteiger partial charge in [0.05, 0.1) is 55.0 Å². The Bertz CT molecular complexity index is 652. The van der Waals surface area contributed by atoms with Gasteiger partial charge in [0.1, 0.15) is 6.17 Å². The van der Waals surface area contributed by atoms with Crippen LogP contribution in [0.2, 0.25) is 0 Å². The number of piperidine rings is 1. The normalized spacial score (nSPS) is 43.4. The zero-order valence-electron chi connectivity index (χ0n) is 17.7. The Balaban J connectivity index is 1.22. The molecule has 0 bridgehead atoms. The highest BCUT2D eigenvalue weighted by molar-refractivity contribution is 6.21. The third-order valence-corrected chi connectivity index (χ3v) is 7.64. The maximum atomic E-state index is 15.1. The lowest BCUT2D eigenvalue weighted by atomic mass is 9.94. The van der Waals surface area contributed by atoms with Gasteiger partial charge in [-0.15, -0.1) is 11.6 Å². The van der Waals surface area contributed by atoms with Crippen molar-refractivity contribution in [1.29, 1.82) is 0 Å². The van der Waals surface area contributed by atoms with E-state index in [1.807, 2.05) is 5.01 Å². The number of nitrogens with zero attached hydrogens (tertiary/aromatic N) is 3. The van der Waals surface area contributed by atoms with Gasteiger partial charge in [0.2, 0.25) is 5.91 Å². The molecule has 0 saturated carbocycles. The Morgan fingerprint density at radius 2 is 1.87 bits per heavy atom.